The molecule has 108 valence electrons. The van der Waals surface area contributed by atoms with Crippen LogP contribution < -0.4 is 10.1 Å². The minimum atomic E-state index is -0.00327. The minimum Gasteiger partial charge on any atom is -0.491 e. The molecule has 0 bridgehead atoms. The van der Waals surface area contributed by atoms with E-state index >= 15 is 0 Å². The predicted molar refractivity (Wildman–Crippen MR) is 77.5 cm³/mol. The molecule has 0 aliphatic heterocycles. The fraction of sp³-hybridized carbons (Fsp3) is 0.533. The number of benzene rings is 1. The fourth-order valence-corrected chi connectivity index (χ4v) is 1.38. The third kappa shape index (κ3) is 8.21. The summed E-state index contributed by atoms with van der Waals surface area (Å²) in [4.78, 5) is 11.2. The Morgan fingerprint density at radius 1 is 1.26 bits per heavy atom. The Bertz CT molecular complexity index is 353. The van der Waals surface area contributed by atoms with Crippen LogP contribution in [0, 0.1) is 0 Å². The molecule has 19 heavy (non-hydrogen) atoms. The lowest BCUT2D eigenvalue weighted by atomic mass is 10.1. The molecule has 0 spiro atoms. The first-order valence-corrected chi connectivity index (χ1v) is 6.76. The summed E-state index contributed by atoms with van der Waals surface area (Å²) in [6, 6.07) is 7.54. The van der Waals surface area contributed by atoms with E-state index in [2.05, 4.69) is 5.32 Å². The molecule has 4 nitrogen and oxygen atoms in total. The summed E-state index contributed by atoms with van der Waals surface area (Å²) >= 11 is 0. The first kappa shape index (κ1) is 17.4. The molecule has 1 amide bonds. The highest BCUT2D eigenvalue weighted by molar-refractivity contribution is 5.78. The van der Waals surface area contributed by atoms with Gasteiger partial charge >= 0.3 is 0 Å². The number of amides is 1. The first-order chi connectivity index (χ1) is 9.26. The van der Waals surface area contributed by atoms with Gasteiger partial charge in [-0.3, -0.25) is 4.79 Å². The van der Waals surface area contributed by atoms with Crippen molar-refractivity contribution in [2.75, 3.05) is 26.9 Å². The maximum absolute atomic E-state index is 11.2. The number of hydrogen-bond donors (Lipinski definition) is 1. The van der Waals surface area contributed by atoms with Crippen LogP contribution in [-0.4, -0.2) is 32.8 Å². The van der Waals surface area contributed by atoms with Crippen LogP contribution in [0.2, 0.25) is 0 Å². The second-order valence-corrected chi connectivity index (χ2v) is 3.54. The van der Waals surface area contributed by atoms with E-state index in [-0.39, 0.29) is 5.91 Å². The molecule has 0 aliphatic carbocycles. The molecule has 0 aromatic heterocycles. The van der Waals surface area contributed by atoms with E-state index in [0.717, 1.165) is 11.3 Å². The molecule has 0 saturated carbocycles. The van der Waals surface area contributed by atoms with Gasteiger partial charge in [0.1, 0.15) is 12.4 Å². The zero-order valence-electron chi connectivity index (χ0n) is 12.4. The van der Waals surface area contributed by atoms with Gasteiger partial charge in [-0.2, -0.15) is 0 Å². The maximum atomic E-state index is 11.2. The van der Waals surface area contributed by atoms with Crippen LogP contribution in [0.5, 0.6) is 5.75 Å². The zero-order valence-corrected chi connectivity index (χ0v) is 12.4. The smallest absolute Gasteiger partial charge is 0.224 e. The van der Waals surface area contributed by atoms with Gasteiger partial charge < -0.3 is 14.8 Å². The quantitative estimate of drug-likeness (QED) is 0.772. The Kier molecular flexibility index (Phi) is 10.6. The van der Waals surface area contributed by atoms with Crippen molar-refractivity contribution in [1.29, 1.82) is 0 Å². The summed E-state index contributed by atoms with van der Waals surface area (Å²) in [5.41, 5.74) is 0.943. The summed E-state index contributed by atoms with van der Waals surface area (Å²) < 4.78 is 10.7. The van der Waals surface area contributed by atoms with Gasteiger partial charge in [0.2, 0.25) is 5.91 Å². The molecule has 0 saturated heterocycles. The Morgan fingerprint density at radius 3 is 2.63 bits per heavy atom. The van der Waals surface area contributed by atoms with Crippen molar-refractivity contribution >= 4 is 5.91 Å². The van der Waals surface area contributed by atoms with Crippen molar-refractivity contribution in [2.24, 2.45) is 0 Å². The summed E-state index contributed by atoms with van der Waals surface area (Å²) in [6.45, 7) is 7.75. The molecule has 0 aliphatic rings. The van der Waals surface area contributed by atoms with Crippen molar-refractivity contribution in [3.05, 3.63) is 29.8 Å². The standard InChI is InChI=1S/C13H19NO3.C2H6/c1-3-16-7-8-17-12-6-4-5-11(9-12)10-13(15)14-2;1-2/h4-6,9H,3,7-8,10H2,1-2H3,(H,14,15);1-2H3. The summed E-state index contributed by atoms with van der Waals surface area (Å²) in [7, 11) is 1.63. The maximum Gasteiger partial charge on any atom is 0.224 e. The van der Waals surface area contributed by atoms with E-state index in [0.29, 0.717) is 26.2 Å². The Balaban J connectivity index is 0.00000154. The third-order valence-corrected chi connectivity index (χ3v) is 2.24. The van der Waals surface area contributed by atoms with Gasteiger partial charge in [-0.15, -0.1) is 0 Å². The monoisotopic (exact) mass is 267 g/mol. The van der Waals surface area contributed by atoms with Crippen LogP contribution in [0.4, 0.5) is 0 Å². The number of rotatable bonds is 7. The van der Waals surface area contributed by atoms with Gasteiger partial charge in [-0.05, 0) is 24.6 Å². The highest BCUT2D eigenvalue weighted by Crippen LogP contribution is 2.13. The van der Waals surface area contributed by atoms with E-state index in [1.807, 2.05) is 45.0 Å². The molecular weight excluding hydrogens is 242 g/mol. The summed E-state index contributed by atoms with van der Waals surface area (Å²) in [5.74, 6) is 0.766. The van der Waals surface area contributed by atoms with Crippen molar-refractivity contribution in [2.45, 2.75) is 27.2 Å². The Morgan fingerprint density at radius 2 is 2.00 bits per heavy atom. The molecule has 0 unspecified atom stereocenters. The second kappa shape index (κ2) is 11.5. The number of ether oxygens (including phenoxy) is 2. The average molecular weight is 267 g/mol. The van der Waals surface area contributed by atoms with Crippen molar-refractivity contribution in [3.8, 4) is 5.75 Å². The Labute approximate surface area is 116 Å². The second-order valence-electron chi connectivity index (χ2n) is 3.54. The van der Waals surface area contributed by atoms with Crippen LogP contribution in [0.25, 0.3) is 0 Å². The highest BCUT2D eigenvalue weighted by Gasteiger charge is 2.02. The number of carbonyl (C=O) groups is 1. The minimum absolute atomic E-state index is 0.00327. The molecule has 4 heteroatoms. The topological polar surface area (TPSA) is 47.6 Å². The van der Waals surface area contributed by atoms with E-state index in [1.165, 1.54) is 0 Å². The van der Waals surface area contributed by atoms with Gasteiger partial charge in [0.15, 0.2) is 0 Å². The van der Waals surface area contributed by atoms with Crippen molar-refractivity contribution in [1.82, 2.24) is 5.32 Å². The van der Waals surface area contributed by atoms with Crippen LogP contribution in [0.15, 0.2) is 24.3 Å². The lowest BCUT2D eigenvalue weighted by molar-refractivity contribution is -0.119. The van der Waals surface area contributed by atoms with Crippen LogP contribution in [0.1, 0.15) is 26.3 Å². The number of hydrogen-bond acceptors (Lipinski definition) is 3. The van der Waals surface area contributed by atoms with E-state index in [4.69, 9.17) is 9.47 Å². The molecule has 0 heterocycles. The summed E-state index contributed by atoms with van der Waals surface area (Å²) in [6.07, 6.45) is 0.374. The molecule has 1 aromatic carbocycles. The fourth-order valence-electron chi connectivity index (χ4n) is 1.38. The van der Waals surface area contributed by atoms with Gasteiger partial charge in [-0.25, -0.2) is 0 Å². The van der Waals surface area contributed by atoms with Crippen LogP contribution in [0.3, 0.4) is 0 Å². The molecule has 0 atom stereocenters. The largest absolute Gasteiger partial charge is 0.491 e. The highest BCUT2D eigenvalue weighted by atomic mass is 16.5. The SMILES string of the molecule is CC.CCOCCOc1cccc(CC(=O)NC)c1. The number of likely N-dealkylation sites (N-methyl/N-ethyl adjacent to an activating group) is 1. The van der Waals surface area contributed by atoms with Gasteiger partial charge in [-0.1, -0.05) is 26.0 Å². The number of carbonyl (C=O) groups excluding carboxylic acids is 1. The van der Waals surface area contributed by atoms with E-state index < -0.39 is 0 Å². The molecule has 1 aromatic rings. The molecule has 0 radical (unpaired) electrons. The number of nitrogens with one attached hydrogen (secondary N) is 1. The van der Waals surface area contributed by atoms with E-state index in [9.17, 15) is 4.79 Å². The zero-order chi connectivity index (χ0) is 14.5. The van der Waals surface area contributed by atoms with Gasteiger partial charge in [0.25, 0.3) is 0 Å². The Hall–Kier alpha value is -1.55. The molecular formula is C15H25NO3. The van der Waals surface area contributed by atoms with Gasteiger partial charge in [0.05, 0.1) is 13.0 Å². The van der Waals surface area contributed by atoms with Crippen molar-refractivity contribution in [3.63, 3.8) is 0 Å². The van der Waals surface area contributed by atoms with Gasteiger partial charge in [0, 0.05) is 13.7 Å². The van der Waals surface area contributed by atoms with E-state index in [1.54, 1.807) is 7.05 Å². The molecule has 1 rings (SSSR count). The molecule has 0 fully saturated rings. The average Bonchev–Trinajstić information content (AvgIpc) is 2.46. The normalized spacial score (nSPS) is 9.26. The first-order valence-electron chi connectivity index (χ1n) is 6.76. The predicted octanol–water partition coefficient (Wildman–Crippen LogP) is 2.42. The third-order valence-electron chi connectivity index (χ3n) is 2.24. The molecule has 1 N–H and O–H groups in total. The van der Waals surface area contributed by atoms with Crippen LogP contribution in [-0.2, 0) is 16.0 Å². The lowest BCUT2D eigenvalue weighted by Gasteiger charge is -2.07. The lowest BCUT2D eigenvalue weighted by Crippen LogP contribution is -2.19. The summed E-state index contributed by atoms with van der Waals surface area (Å²) in [5, 5.41) is 2.59. The van der Waals surface area contributed by atoms with Crippen molar-refractivity contribution < 1.29 is 14.3 Å². The van der Waals surface area contributed by atoms with Crippen LogP contribution >= 0.6 is 0 Å².